The molecule has 0 radical (unpaired) electrons. The number of carbonyl (C=O) groups excluding carboxylic acids is 2. The average molecular weight is 336 g/mol. The summed E-state index contributed by atoms with van der Waals surface area (Å²) >= 11 is 0. The van der Waals surface area contributed by atoms with Gasteiger partial charge in [-0.3, -0.25) is 9.59 Å². The van der Waals surface area contributed by atoms with Crippen molar-refractivity contribution in [3.05, 3.63) is 65.7 Å². The first-order chi connectivity index (χ1) is 12.1. The van der Waals surface area contributed by atoms with Crippen LogP contribution in [0, 0.1) is 0 Å². The normalized spacial score (nSPS) is 15.8. The first-order valence-electron chi connectivity index (χ1n) is 8.79. The smallest absolute Gasteiger partial charge is 0.223 e. The third-order valence-electron chi connectivity index (χ3n) is 4.82. The molecule has 0 fully saturated rings. The van der Waals surface area contributed by atoms with Gasteiger partial charge in [0.25, 0.3) is 0 Å². The summed E-state index contributed by atoms with van der Waals surface area (Å²) in [5, 5.41) is 0. The van der Waals surface area contributed by atoms with Gasteiger partial charge >= 0.3 is 0 Å². The van der Waals surface area contributed by atoms with Crippen LogP contribution in [0.1, 0.15) is 37.3 Å². The zero-order valence-corrected chi connectivity index (χ0v) is 14.8. The number of hydrogen-bond donors (Lipinski definition) is 0. The van der Waals surface area contributed by atoms with E-state index in [1.165, 1.54) is 0 Å². The molecule has 1 aliphatic heterocycles. The Balaban J connectivity index is 1.73. The highest BCUT2D eigenvalue weighted by Gasteiger charge is 2.32. The number of nitrogens with zero attached hydrogens (tertiary/aromatic N) is 2. The zero-order chi connectivity index (χ0) is 17.8. The molecule has 3 rings (SSSR count). The molecule has 1 heterocycles. The lowest BCUT2D eigenvalue weighted by atomic mass is 9.97. The molecule has 0 saturated carbocycles. The van der Waals surface area contributed by atoms with Crippen molar-refractivity contribution in [3.8, 4) is 0 Å². The Morgan fingerprint density at radius 3 is 2.44 bits per heavy atom. The maximum absolute atomic E-state index is 12.8. The minimum atomic E-state index is 0.0269. The fourth-order valence-corrected chi connectivity index (χ4v) is 3.49. The van der Waals surface area contributed by atoms with E-state index < -0.39 is 0 Å². The van der Waals surface area contributed by atoms with Crippen molar-refractivity contribution in [2.45, 2.75) is 32.7 Å². The van der Waals surface area contributed by atoms with Gasteiger partial charge in [-0.25, -0.2) is 0 Å². The predicted molar refractivity (Wildman–Crippen MR) is 99.4 cm³/mol. The van der Waals surface area contributed by atoms with Gasteiger partial charge in [0.05, 0.1) is 0 Å². The Morgan fingerprint density at radius 2 is 1.76 bits per heavy atom. The Bertz CT molecular complexity index is 758. The fraction of sp³-hybridized carbons (Fsp3) is 0.333. The summed E-state index contributed by atoms with van der Waals surface area (Å²) in [6.07, 6.45) is 0.432. The summed E-state index contributed by atoms with van der Waals surface area (Å²) in [6, 6.07) is 17.9. The highest BCUT2D eigenvalue weighted by Crippen LogP contribution is 2.38. The molecule has 1 unspecified atom stereocenters. The van der Waals surface area contributed by atoms with Crippen molar-refractivity contribution in [3.63, 3.8) is 0 Å². The van der Waals surface area contributed by atoms with Gasteiger partial charge in [0.2, 0.25) is 11.8 Å². The lowest BCUT2D eigenvalue weighted by molar-refractivity contribution is -0.132. The standard InChI is InChI=1S/C21H24N2O2/c1-3-22(14-17-9-5-4-6-10-17)21(25)13-18-15-23(16(2)24)20-12-8-7-11-19(18)20/h4-12,18H,3,13-15H2,1-2H3. The van der Waals surface area contributed by atoms with Gasteiger partial charge in [-0.1, -0.05) is 48.5 Å². The molecule has 0 saturated heterocycles. The monoisotopic (exact) mass is 336 g/mol. The molecule has 2 aromatic rings. The van der Waals surface area contributed by atoms with E-state index in [1.807, 2.05) is 66.4 Å². The van der Waals surface area contributed by atoms with Crippen LogP contribution < -0.4 is 4.90 Å². The Hall–Kier alpha value is -2.62. The van der Waals surface area contributed by atoms with E-state index in [9.17, 15) is 9.59 Å². The summed E-state index contributed by atoms with van der Waals surface area (Å²) in [5.41, 5.74) is 3.18. The second-order valence-electron chi connectivity index (χ2n) is 6.48. The number of para-hydroxylation sites is 1. The largest absolute Gasteiger partial charge is 0.339 e. The molecule has 0 bridgehead atoms. The highest BCUT2D eigenvalue weighted by molar-refractivity contribution is 5.94. The Kier molecular flexibility index (Phi) is 5.17. The van der Waals surface area contributed by atoms with E-state index >= 15 is 0 Å². The van der Waals surface area contributed by atoms with Crippen LogP contribution in [0.25, 0.3) is 0 Å². The van der Waals surface area contributed by atoms with Crippen LogP contribution in [0.2, 0.25) is 0 Å². The molecular weight excluding hydrogens is 312 g/mol. The molecule has 1 atom stereocenters. The minimum absolute atomic E-state index is 0.0269. The molecular formula is C21H24N2O2. The van der Waals surface area contributed by atoms with Gasteiger partial charge in [0.1, 0.15) is 0 Å². The fourth-order valence-electron chi connectivity index (χ4n) is 3.49. The first-order valence-corrected chi connectivity index (χ1v) is 8.79. The van der Waals surface area contributed by atoms with Crippen molar-refractivity contribution >= 4 is 17.5 Å². The SMILES string of the molecule is CCN(Cc1ccccc1)C(=O)CC1CN(C(C)=O)c2ccccc21. The van der Waals surface area contributed by atoms with Crippen LogP contribution in [-0.4, -0.2) is 29.8 Å². The predicted octanol–water partition coefficient (Wildman–Crippen LogP) is 3.58. The zero-order valence-electron chi connectivity index (χ0n) is 14.8. The number of benzene rings is 2. The quantitative estimate of drug-likeness (QED) is 0.837. The minimum Gasteiger partial charge on any atom is -0.339 e. The molecule has 130 valence electrons. The molecule has 0 aliphatic carbocycles. The maximum Gasteiger partial charge on any atom is 0.223 e. The van der Waals surface area contributed by atoms with Gasteiger partial charge in [-0.2, -0.15) is 0 Å². The number of hydrogen-bond acceptors (Lipinski definition) is 2. The molecule has 1 aliphatic rings. The van der Waals surface area contributed by atoms with Crippen LogP contribution in [-0.2, 0) is 16.1 Å². The van der Waals surface area contributed by atoms with E-state index in [0.29, 0.717) is 26.1 Å². The highest BCUT2D eigenvalue weighted by atomic mass is 16.2. The lowest BCUT2D eigenvalue weighted by Gasteiger charge is -2.23. The van der Waals surface area contributed by atoms with Crippen LogP contribution in [0.15, 0.2) is 54.6 Å². The van der Waals surface area contributed by atoms with Gasteiger partial charge < -0.3 is 9.80 Å². The van der Waals surface area contributed by atoms with Crippen LogP contribution in [0.5, 0.6) is 0 Å². The molecule has 4 heteroatoms. The van der Waals surface area contributed by atoms with Crippen molar-refractivity contribution in [2.75, 3.05) is 18.0 Å². The first kappa shape index (κ1) is 17.2. The number of rotatable bonds is 5. The summed E-state index contributed by atoms with van der Waals surface area (Å²) in [7, 11) is 0. The molecule has 2 aromatic carbocycles. The third-order valence-corrected chi connectivity index (χ3v) is 4.82. The molecule has 0 N–H and O–H groups in total. The molecule has 2 amide bonds. The maximum atomic E-state index is 12.8. The van der Waals surface area contributed by atoms with Crippen molar-refractivity contribution in [2.24, 2.45) is 0 Å². The average Bonchev–Trinajstić information content (AvgIpc) is 2.99. The molecule has 0 spiro atoms. The second-order valence-corrected chi connectivity index (χ2v) is 6.48. The summed E-state index contributed by atoms with van der Waals surface area (Å²) in [6.45, 7) is 5.48. The van der Waals surface area contributed by atoms with E-state index in [-0.39, 0.29) is 17.7 Å². The lowest BCUT2D eigenvalue weighted by Crippen LogP contribution is -2.33. The van der Waals surface area contributed by atoms with Gasteiger partial charge in [-0.15, -0.1) is 0 Å². The Labute approximate surface area is 149 Å². The number of amides is 2. The number of fused-ring (bicyclic) bond motifs is 1. The van der Waals surface area contributed by atoms with E-state index in [2.05, 4.69) is 0 Å². The van der Waals surface area contributed by atoms with Crippen LogP contribution >= 0.6 is 0 Å². The molecule has 4 nitrogen and oxygen atoms in total. The van der Waals surface area contributed by atoms with Gasteiger partial charge in [0.15, 0.2) is 0 Å². The van der Waals surface area contributed by atoms with Gasteiger partial charge in [-0.05, 0) is 24.1 Å². The summed E-state index contributed by atoms with van der Waals surface area (Å²) < 4.78 is 0. The molecule has 25 heavy (non-hydrogen) atoms. The Morgan fingerprint density at radius 1 is 1.08 bits per heavy atom. The number of carbonyl (C=O) groups is 2. The second kappa shape index (κ2) is 7.51. The third kappa shape index (κ3) is 3.73. The summed E-state index contributed by atoms with van der Waals surface area (Å²) in [5.74, 6) is 0.230. The van der Waals surface area contributed by atoms with Crippen molar-refractivity contribution in [1.82, 2.24) is 4.90 Å². The topological polar surface area (TPSA) is 40.6 Å². The van der Waals surface area contributed by atoms with Crippen LogP contribution in [0.4, 0.5) is 5.69 Å². The van der Waals surface area contributed by atoms with E-state index in [4.69, 9.17) is 0 Å². The summed E-state index contributed by atoms with van der Waals surface area (Å²) in [4.78, 5) is 28.4. The molecule has 0 aromatic heterocycles. The van der Waals surface area contributed by atoms with Gasteiger partial charge in [0, 0.05) is 44.6 Å². The number of anilines is 1. The van der Waals surface area contributed by atoms with E-state index in [1.54, 1.807) is 11.8 Å². The van der Waals surface area contributed by atoms with Crippen molar-refractivity contribution in [1.29, 1.82) is 0 Å². The van der Waals surface area contributed by atoms with Crippen molar-refractivity contribution < 1.29 is 9.59 Å². The van der Waals surface area contributed by atoms with Crippen LogP contribution in [0.3, 0.4) is 0 Å². The van der Waals surface area contributed by atoms with E-state index in [0.717, 1.165) is 16.8 Å².